The normalized spacial score (nSPS) is 16.0. The number of hydrogen-bond donors (Lipinski definition) is 3. The summed E-state index contributed by atoms with van der Waals surface area (Å²) >= 11 is 0. The molecule has 0 fully saturated rings. The standard InChI is InChI=1S/C21H22FN3O3/c1-21(2,3)20(28)24-14-6-4-5-13(10-14)23-19(27)16-11-18(26)25-17-9-12(22)7-8-15(16)17/h4-10,16H,11H2,1-3H3,(H,23,27)(H,24,28)(H,25,26)/t16-/m0/s1. The average Bonchev–Trinajstić information content (AvgIpc) is 2.60. The Morgan fingerprint density at radius 2 is 1.75 bits per heavy atom. The molecule has 3 N–H and O–H groups in total. The van der Waals surface area contributed by atoms with E-state index in [0.29, 0.717) is 22.6 Å². The molecular formula is C21H22FN3O3. The van der Waals surface area contributed by atoms with E-state index in [1.807, 2.05) is 20.8 Å². The fourth-order valence-electron chi connectivity index (χ4n) is 2.89. The molecule has 1 atom stereocenters. The summed E-state index contributed by atoms with van der Waals surface area (Å²) in [5, 5.41) is 8.17. The molecule has 0 saturated heterocycles. The summed E-state index contributed by atoms with van der Waals surface area (Å²) in [5.41, 5.74) is 1.37. The number of carbonyl (C=O) groups is 3. The molecule has 3 rings (SSSR count). The zero-order valence-electron chi connectivity index (χ0n) is 15.9. The van der Waals surface area contributed by atoms with Crippen molar-refractivity contribution < 1.29 is 18.8 Å². The topological polar surface area (TPSA) is 87.3 Å². The Kier molecular flexibility index (Phi) is 5.18. The zero-order valence-corrected chi connectivity index (χ0v) is 15.9. The molecule has 0 unspecified atom stereocenters. The lowest BCUT2D eigenvalue weighted by atomic mass is 9.89. The van der Waals surface area contributed by atoms with E-state index in [1.54, 1.807) is 24.3 Å². The van der Waals surface area contributed by atoms with Gasteiger partial charge in [-0.05, 0) is 35.9 Å². The number of benzene rings is 2. The lowest BCUT2D eigenvalue weighted by molar-refractivity contribution is -0.123. The third-order valence-electron chi connectivity index (χ3n) is 4.44. The molecule has 1 aliphatic heterocycles. The van der Waals surface area contributed by atoms with Gasteiger partial charge in [0.25, 0.3) is 0 Å². The molecule has 0 spiro atoms. The van der Waals surface area contributed by atoms with Crippen LogP contribution < -0.4 is 16.0 Å². The molecule has 6 nitrogen and oxygen atoms in total. The highest BCUT2D eigenvalue weighted by Crippen LogP contribution is 2.33. The fourth-order valence-corrected chi connectivity index (χ4v) is 2.89. The second-order valence-corrected chi connectivity index (χ2v) is 7.81. The van der Waals surface area contributed by atoms with Crippen LogP contribution >= 0.6 is 0 Å². The Bertz CT molecular complexity index is 950. The SMILES string of the molecule is CC(C)(C)C(=O)Nc1cccc(NC(=O)[C@H]2CC(=O)Nc3cc(F)ccc32)c1. The maximum Gasteiger partial charge on any atom is 0.232 e. The van der Waals surface area contributed by atoms with Crippen LogP contribution in [0.2, 0.25) is 0 Å². The molecule has 7 heteroatoms. The van der Waals surface area contributed by atoms with Crippen molar-refractivity contribution >= 4 is 34.8 Å². The number of halogens is 1. The van der Waals surface area contributed by atoms with Crippen LogP contribution in [0.4, 0.5) is 21.5 Å². The van der Waals surface area contributed by atoms with E-state index in [0.717, 1.165) is 0 Å². The summed E-state index contributed by atoms with van der Waals surface area (Å²) in [7, 11) is 0. The second-order valence-electron chi connectivity index (χ2n) is 7.81. The van der Waals surface area contributed by atoms with Crippen LogP contribution in [0.1, 0.15) is 38.7 Å². The van der Waals surface area contributed by atoms with Crippen molar-refractivity contribution in [1.82, 2.24) is 0 Å². The van der Waals surface area contributed by atoms with E-state index in [-0.39, 0.29) is 24.1 Å². The number of rotatable bonds is 3. The van der Waals surface area contributed by atoms with E-state index in [2.05, 4.69) is 16.0 Å². The average molecular weight is 383 g/mol. The maximum atomic E-state index is 13.4. The molecule has 0 bridgehead atoms. The van der Waals surface area contributed by atoms with Crippen molar-refractivity contribution in [2.75, 3.05) is 16.0 Å². The van der Waals surface area contributed by atoms with Crippen molar-refractivity contribution in [3.63, 3.8) is 0 Å². The minimum atomic E-state index is -0.725. The fraction of sp³-hybridized carbons (Fsp3) is 0.286. The van der Waals surface area contributed by atoms with Crippen LogP contribution in [0, 0.1) is 11.2 Å². The van der Waals surface area contributed by atoms with Crippen LogP contribution in [-0.2, 0) is 14.4 Å². The summed E-state index contributed by atoms with van der Waals surface area (Å²) in [4.78, 5) is 36.8. The molecular weight excluding hydrogens is 361 g/mol. The van der Waals surface area contributed by atoms with Crippen molar-refractivity contribution in [1.29, 1.82) is 0 Å². The van der Waals surface area contributed by atoms with E-state index in [4.69, 9.17) is 0 Å². The van der Waals surface area contributed by atoms with Crippen LogP contribution in [0.5, 0.6) is 0 Å². The van der Waals surface area contributed by atoms with Gasteiger partial charge in [-0.1, -0.05) is 32.9 Å². The Morgan fingerprint density at radius 3 is 2.43 bits per heavy atom. The summed E-state index contributed by atoms with van der Waals surface area (Å²) in [6, 6.07) is 10.8. The van der Waals surface area contributed by atoms with E-state index in [1.165, 1.54) is 18.2 Å². The third-order valence-corrected chi connectivity index (χ3v) is 4.44. The van der Waals surface area contributed by atoms with Crippen LogP contribution in [0.3, 0.4) is 0 Å². The zero-order chi connectivity index (χ0) is 20.5. The van der Waals surface area contributed by atoms with Crippen molar-refractivity contribution in [2.24, 2.45) is 5.41 Å². The summed E-state index contributed by atoms with van der Waals surface area (Å²) in [6.45, 7) is 5.42. The van der Waals surface area contributed by atoms with Gasteiger partial charge in [-0.15, -0.1) is 0 Å². The number of carbonyl (C=O) groups excluding carboxylic acids is 3. The Morgan fingerprint density at radius 1 is 1.07 bits per heavy atom. The van der Waals surface area contributed by atoms with E-state index >= 15 is 0 Å². The van der Waals surface area contributed by atoms with Gasteiger partial charge in [-0.3, -0.25) is 14.4 Å². The number of nitrogens with one attached hydrogen (secondary N) is 3. The molecule has 0 radical (unpaired) electrons. The van der Waals surface area contributed by atoms with Crippen molar-refractivity contribution in [3.8, 4) is 0 Å². The number of fused-ring (bicyclic) bond motifs is 1. The molecule has 1 aliphatic rings. The second kappa shape index (κ2) is 7.42. The van der Waals surface area contributed by atoms with Gasteiger partial charge in [-0.25, -0.2) is 4.39 Å². The highest BCUT2D eigenvalue weighted by atomic mass is 19.1. The maximum absolute atomic E-state index is 13.4. The Hall–Kier alpha value is -3.22. The first-order valence-corrected chi connectivity index (χ1v) is 8.95. The molecule has 2 aromatic carbocycles. The Labute approximate surface area is 162 Å². The minimum Gasteiger partial charge on any atom is -0.326 e. The molecule has 0 saturated carbocycles. The lowest BCUT2D eigenvalue weighted by Gasteiger charge is -2.25. The van der Waals surface area contributed by atoms with Crippen LogP contribution in [0.15, 0.2) is 42.5 Å². The van der Waals surface area contributed by atoms with Gasteiger partial charge in [0, 0.05) is 28.9 Å². The molecule has 3 amide bonds. The van der Waals surface area contributed by atoms with Gasteiger partial charge in [0.15, 0.2) is 0 Å². The van der Waals surface area contributed by atoms with Gasteiger partial charge in [-0.2, -0.15) is 0 Å². The van der Waals surface area contributed by atoms with Gasteiger partial charge in [0.1, 0.15) is 5.82 Å². The van der Waals surface area contributed by atoms with Crippen LogP contribution in [0.25, 0.3) is 0 Å². The van der Waals surface area contributed by atoms with Crippen molar-refractivity contribution in [3.05, 3.63) is 53.8 Å². The predicted octanol–water partition coefficient (Wildman–Crippen LogP) is 3.87. The van der Waals surface area contributed by atoms with Gasteiger partial charge in [0.2, 0.25) is 17.7 Å². The smallest absolute Gasteiger partial charge is 0.232 e. The molecule has 28 heavy (non-hydrogen) atoms. The van der Waals surface area contributed by atoms with Crippen molar-refractivity contribution in [2.45, 2.75) is 33.1 Å². The largest absolute Gasteiger partial charge is 0.326 e. The highest BCUT2D eigenvalue weighted by Gasteiger charge is 2.31. The van der Waals surface area contributed by atoms with Gasteiger partial charge >= 0.3 is 0 Å². The quantitative estimate of drug-likeness (QED) is 0.752. The van der Waals surface area contributed by atoms with E-state index in [9.17, 15) is 18.8 Å². The molecule has 0 aromatic heterocycles. The van der Waals surface area contributed by atoms with E-state index < -0.39 is 17.2 Å². The van der Waals surface area contributed by atoms with Crippen LogP contribution in [-0.4, -0.2) is 17.7 Å². The molecule has 1 heterocycles. The highest BCUT2D eigenvalue weighted by molar-refractivity contribution is 6.05. The first kappa shape index (κ1) is 19.5. The third kappa shape index (κ3) is 4.36. The molecule has 146 valence electrons. The summed E-state index contributed by atoms with van der Waals surface area (Å²) in [6.07, 6.45) is -0.0229. The molecule has 2 aromatic rings. The summed E-state index contributed by atoms with van der Waals surface area (Å²) in [5.74, 6) is -2.07. The summed E-state index contributed by atoms with van der Waals surface area (Å²) < 4.78 is 13.4. The number of anilines is 3. The Balaban J connectivity index is 1.78. The first-order valence-electron chi connectivity index (χ1n) is 8.95. The predicted molar refractivity (Wildman–Crippen MR) is 106 cm³/mol. The molecule has 0 aliphatic carbocycles. The number of hydrogen-bond acceptors (Lipinski definition) is 3. The number of amides is 3. The lowest BCUT2D eigenvalue weighted by Crippen LogP contribution is -2.31. The van der Waals surface area contributed by atoms with Gasteiger partial charge in [0.05, 0.1) is 5.92 Å². The first-order chi connectivity index (χ1) is 13.1. The van der Waals surface area contributed by atoms with Gasteiger partial charge < -0.3 is 16.0 Å². The monoisotopic (exact) mass is 383 g/mol. The minimum absolute atomic E-state index is 0.0229.